The molecule has 126 valence electrons. The summed E-state index contributed by atoms with van der Waals surface area (Å²) in [6, 6.07) is 8.54. The molecule has 5 nitrogen and oxygen atoms in total. The Bertz CT molecular complexity index is 571. The van der Waals surface area contributed by atoms with Crippen molar-refractivity contribution in [1.29, 1.82) is 0 Å². The maximum atomic E-state index is 11.8. The van der Waals surface area contributed by atoms with E-state index in [-0.39, 0.29) is 17.8 Å². The van der Waals surface area contributed by atoms with Gasteiger partial charge >= 0.3 is 5.97 Å². The Morgan fingerprint density at radius 1 is 1.43 bits per heavy atom. The van der Waals surface area contributed by atoms with Crippen LogP contribution in [0.1, 0.15) is 18.1 Å². The van der Waals surface area contributed by atoms with Gasteiger partial charge in [0.25, 0.3) is 0 Å². The maximum absolute atomic E-state index is 11.8. The van der Waals surface area contributed by atoms with Crippen LogP contribution in [-0.2, 0) is 16.0 Å². The van der Waals surface area contributed by atoms with Crippen LogP contribution in [-0.4, -0.2) is 50.6 Å². The van der Waals surface area contributed by atoms with Crippen LogP contribution in [0.3, 0.4) is 0 Å². The van der Waals surface area contributed by atoms with Gasteiger partial charge in [0.1, 0.15) is 0 Å². The summed E-state index contributed by atoms with van der Waals surface area (Å²) in [7, 11) is 3.23. The monoisotopic (exact) mass is 317 g/mol. The molecule has 5 heteroatoms. The Kier molecular flexibility index (Phi) is 6.02. The summed E-state index contributed by atoms with van der Waals surface area (Å²) in [4.78, 5) is 18.3. The molecule has 0 saturated carbocycles. The average Bonchev–Trinajstić information content (AvgIpc) is 2.92. The number of nitrogens with one attached hydrogen (secondary N) is 1. The Hall–Kier alpha value is -2.04. The van der Waals surface area contributed by atoms with Crippen LogP contribution in [0.25, 0.3) is 0 Å². The van der Waals surface area contributed by atoms with E-state index in [2.05, 4.69) is 53.3 Å². The molecule has 0 aliphatic carbocycles. The highest BCUT2D eigenvalue weighted by Gasteiger charge is 2.36. The zero-order valence-corrected chi connectivity index (χ0v) is 14.5. The second-order valence-electron chi connectivity index (χ2n) is 6.22. The quantitative estimate of drug-likeness (QED) is 0.523. The predicted molar refractivity (Wildman–Crippen MR) is 92.5 cm³/mol. The molecule has 23 heavy (non-hydrogen) atoms. The molecule has 1 N–H and O–H groups in total. The standard InChI is InChI=1S/C18H27N3O2/c1-13-6-5-7-15(10-13)8-9-20-18(19-3)21-11-14(2)16(12-21)17(22)23-4/h5-7,10,14,16H,8-9,11-12H2,1-4H3,(H,19,20). The van der Waals surface area contributed by atoms with Gasteiger partial charge in [-0.3, -0.25) is 9.79 Å². The summed E-state index contributed by atoms with van der Waals surface area (Å²) in [6.07, 6.45) is 0.949. The third kappa shape index (κ3) is 4.47. The SMILES string of the molecule is CN=C(NCCc1cccc(C)c1)N1CC(C)C(C(=O)OC)C1. The van der Waals surface area contributed by atoms with Crippen molar-refractivity contribution in [2.24, 2.45) is 16.8 Å². The molecule has 1 heterocycles. The average molecular weight is 317 g/mol. The van der Waals surface area contributed by atoms with Crippen LogP contribution in [0.5, 0.6) is 0 Å². The molecule has 1 fully saturated rings. The van der Waals surface area contributed by atoms with Gasteiger partial charge in [0.15, 0.2) is 5.96 Å². The maximum Gasteiger partial charge on any atom is 0.310 e. The van der Waals surface area contributed by atoms with Gasteiger partial charge in [-0.25, -0.2) is 0 Å². The molecule has 1 aromatic rings. The molecule has 1 aromatic carbocycles. The van der Waals surface area contributed by atoms with Crippen LogP contribution >= 0.6 is 0 Å². The molecule has 0 radical (unpaired) electrons. The van der Waals surface area contributed by atoms with E-state index in [0.717, 1.165) is 25.5 Å². The molecule has 1 aliphatic heterocycles. The number of hydrogen-bond acceptors (Lipinski definition) is 3. The fourth-order valence-corrected chi connectivity index (χ4v) is 3.12. The first kappa shape index (κ1) is 17.3. The van der Waals surface area contributed by atoms with Gasteiger partial charge in [0.2, 0.25) is 0 Å². The molecule has 0 aromatic heterocycles. The molecule has 2 atom stereocenters. The van der Waals surface area contributed by atoms with E-state index in [9.17, 15) is 4.79 Å². The van der Waals surface area contributed by atoms with Crippen LogP contribution in [0.4, 0.5) is 0 Å². The van der Waals surface area contributed by atoms with Gasteiger partial charge in [-0.15, -0.1) is 0 Å². The number of carbonyl (C=O) groups excluding carboxylic acids is 1. The van der Waals surface area contributed by atoms with Crippen LogP contribution < -0.4 is 5.32 Å². The van der Waals surface area contributed by atoms with E-state index in [4.69, 9.17) is 4.74 Å². The second kappa shape index (κ2) is 7.99. The first-order chi connectivity index (χ1) is 11.0. The zero-order valence-electron chi connectivity index (χ0n) is 14.5. The largest absolute Gasteiger partial charge is 0.469 e. The van der Waals surface area contributed by atoms with Crippen molar-refractivity contribution < 1.29 is 9.53 Å². The Balaban J connectivity index is 1.87. The number of nitrogens with zero attached hydrogens (tertiary/aromatic N) is 2. The summed E-state index contributed by atoms with van der Waals surface area (Å²) in [5.74, 6) is 0.930. The van der Waals surface area contributed by atoms with Crippen molar-refractivity contribution in [1.82, 2.24) is 10.2 Å². The minimum atomic E-state index is -0.129. The number of guanidine groups is 1. The van der Waals surface area contributed by atoms with Crippen LogP contribution in [0.2, 0.25) is 0 Å². The number of ether oxygens (including phenoxy) is 1. The number of aryl methyl sites for hydroxylation is 1. The number of rotatable bonds is 4. The summed E-state index contributed by atoms with van der Waals surface area (Å²) in [6.45, 7) is 6.50. The molecule has 2 unspecified atom stereocenters. The number of methoxy groups -OCH3 is 1. The first-order valence-corrected chi connectivity index (χ1v) is 8.14. The normalized spacial score (nSPS) is 21.4. The molecular weight excluding hydrogens is 290 g/mol. The van der Waals surface area contributed by atoms with E-state index in [1.807, 2.05) is 0 Å². The van der Waals surface area contributed by atoms with Crippen molar-refractivity contribution in [3.63, 3.8) is 0 Å². The number of benzene rings is 1. The second-order valence-corrected chi connectivity index (χ2v) is 6.22. The summed E-state index contributed by atoms with van der Waals surface area (Å²) in [5, 5.41) is 3.40. The fraction of sp³-hybridized carbons (Fsp3) is 0.556. The molecule has 0 amide bonds. The van der Waals surface area contributed by atoms with Crippen molar-refractivity contribution in [2.75, 3.05) is 33.8 Å². The molecular formula is C18H27N3O2. The number of likely N-dealkylation sites (tertiary alicyclic amines) is 1. The van der Waals surface area contributed by atoms with Crippen molar-refractivity contribution in [2.45, 2.75) is 20.3 Å². The lowest BCUT2D eigenvalue weighted by Gasteiger charge is -2.21. The van der Waals surface area contributed by atoms with Gasteiger partial charge in [0, 0.05) is 26.7 Å². The number of esters is 1. The number of carbonyl (C=O) groups is 1. The fourth-order valence-electron chi connectivity index (χ4n) is 3.12. The molecule has 0 bridgehead atoms. The van der Waals surface area contributed by atoms with Crippen molar-refractivity contribution in [3.05, 3.63) is 35.4 Å². The third-order valence-electron chi connectivity index (χ3n) is 4.41. The smallest absolute Gasteiger partial charge is 0.310 e. The summed E-state index contributed by atoms with van der Waals surface area (Å²) >= 11 is 0. The highest BCUT2D eigenvalue weighted by Crippen LogP contribution is 2.24. The van der Waals surface area contributed by atoms with Gasteiger partial charge < -0.3 is 15.0 Å². The summed E-state index contributed by atoms with van der Waals surface area (Å²) in [5.41, 5.74) is 2.59. The molecule has 0 spiro atoms. The number of aliphatic imine (C=N–C) groups is 1. The Morgan fingerprint density at radius 2 is 2.22 bits per heavy atom. The zero-order chi connectivity index (χ0) is 16.8. The van der Waals surface area contributed by atoms with E-state index in [1.54, 1.807) is 7.05 Å². The van der Waals surface area contributed by atoms with Gasteiger partial charge in [-0.1, -0.05) is 36.8 Å². The lowest BCUT2D eigenvalue weighted by Crippen LogP contribution is -2.41. The van der Waals surface area contributed by atoms with Gasteiger partial charge in [-0.2, -0.15) is 0 Å². The Labute approximate surface area is 138 Å². The minimum absolute atomic E-state index is 0.0738. The van der Waals surface area contributed by atoms with Crippen molar-refractivity contribution >= 4 is 11.9 Å². The van der Waals surface area contributed by atoms with E-state index < -0.39 is 0 Å². The predicted octanol–water partition coefficient (Wildman–Crippen LogP) is 1.85. The minimum Gasteiger partial charge on any atom is -0.469 e. The molecule has 1 saturated heterocycles. The van der Waals surface area contributed by atoms with Crippen LogP contribution in [0, 0.1) is 18.8 Å². The lowest BCUT2D eigenvalue weighted by atomic mass is 9.99. The molecule has 1 aliphatic rings. The lowest BCUT2D eigenvalue weighted by molar-refractivity contribution is -0.145. The van der Waals surface area contributed by atoms with E-state index >= 15 is 0 Å². The van der Waals surface area contributed by atoms with E-state index in [0.29, 0.717) is 6.54 Å². The van der Waals surface area contributed by atoms with Crippen molar-refractivity contribution in [3.8, 4) is 0 Å². The highest BCUT2D eigenvalue weighted by atomic mass is 16.5. The first-order valence-electron chi connectivity index (χ1n) is 8.14. The Morgan fingerprint density at radius 3 is 2.87 bits per heavy atom. The molecule has 2 rings (SSSR count). The highest BCUT2D eigenvalue weighted by molar-refractivity contribution is 5.82. The van der Waals surface area contributed by atoms with Gasteiger partial charge in [-0.05, 0) is 24.8 Å². The van der Waals surface area contributed by atoms with Gasteiger partial charge in [0.05, 0.1) is 13.0 Å². The van der Waals surface area contributed by atoms with E-state index in [1.165, 1.54) is 18.2 Å². The van der Waals surface area contributed by atoms with Crippen LogP contribution in [0.15, 0.2) is 29.3 Å². The summed E-state index contributed by atoms with van der Waals surface area (Å²) < 4.78 is 4.89. The third-order valence-corrected chi connectivity index (χ3v) is 4.41. The topological polar surface area (TPSA) is 53.9 Å². The number of hydrogen-bond donors (Lipinski definition) is 1.